The van der Waals surface area contributed by atoms with Crippen LogP contribution in [0.5, 0.6) is 0 Å². The third-order valence-electron chi connectivity index (χ3n) is 2.91. The van der Waals surface area contributed by atoms with E-state index in [2.05, 4.69) is 0 Å². The maximum absolute atomic E-state index is 13.0. The predicted molar refractivity (Wildman–Crippen MR) is 53.0 cm³/mol. The molecule has 2 unspecified atom stereocenters. The second-order valence-electron chi connectivity index (χ2n) is 4.39. The number of hydroxylamine groups is 3. The summed E-state index contributed by atoms with van der Waals surface area (Å²) in [5, 5.41) is 11.6. The van der Waals surface area contributed by atoms with Gasteiger partial charge in [-0.3, -0.25) is 0 Å². The van der Waals surface area contributed by atoms with E-state index < -0.39 is 11.6 Å². The average molecular weight is 213 g/mol. The first kappa shape index (κ1) is 10.5. The van der Waals surface area contributed by atoms with Crippen LogP contribution in [0.4, 0.5) is 8.78 Å². The molecular formula is C11H13F2NO. The summed E-state index contributed by atoms with van der Waals surface area (Å²) in [4.78, 5) is 0. The molecule has 1 aromatic rings. The van der Waals surface area contributed by atoms with Crippen molar-refractivity contribution in [3.63, 3.8) is 0 Å². The number of likely N-dealkylation sites (tertiary alicyclic amines) is 1. The number of hydrogen-bond acceptors (Lipinski definition) is 1. The van der Waals surface area contributed by atoms with E-state index in [1.165, 1.54) is 12.1 Å². The summed E-state index contributed by atoms with van der Waals surface area (Å²) < 4.78 is 25.6. The molecule has 0 saturated carbocycles. The molecular weight excluding hydrogens is 200 g/mol. The molecule has 1 saturated heterocycles. The van der Waals surface area contributed by atoms with Gasteiger partial charge in [-0.05, 0) is 17.7 Å². The van der Waals surface area contributed by atoms with Crippen molar-refractivity contribution in [2.75, 3.05) is 20.1 Å². The fraction of sp³-hybridized carbons (Fsp3) is 0.455. The molecule has 4 heteroatoms. The fourth-order valence-electron chi connectivity index (χ4n) is 2.16. The lowest BCUT2D eigenvalue weighted by Gasteiger charge is -2.33. The molecule has 0 bridgehead atoms. The Labute approximate surface area is 87.3 Å². The summed E-state index contributed by atoms with van der Waals surface area (Å²) in [6, 6.07) is 3.49. The summed E-state index contributed by atoms with van der Waals surface area (Å²) in [6.45, 7) is 0.922. The first-order valence-electron chi connectivity index (χ1n) is 4.98. The molecule has 0 amide bonds. The van der Waals surface area contributed by atoms with Gasteiger partial charge in [-0.1, -0.05) is 0 Å². The van der Waals surface area contributed by atoms with Gasteiger partial charge in [0.1, 0.15) is 11.6 Å². The van der Waals surface area contributed by atoms with Gasteiger partial charge in [0, 0.05) is 18.4 Å². The zero-order valence-corrected chi connectivity index (χ0v) is 8.54. The molecule has 1 aliphatic heterocycles. The molecule has 1 fully saturated rings. The van der Waals surface area contributed by atoms with E-state index in [9.17, 15) is 14.0 Å². The molecule has 0 spiro atoms. The topological polar surface area (TPSA) is 23.1 Å². The highest BCUT2D eigenvalue weighted by Crippen LogP contribution is 2.30. The Morgan fingerprint density at radius 1 is 1.27 bits per heavy atom. The Morgan fingerprint density at radius 2 is 1.87 bits per heavy atom. The number of hydrogen-bond donors (Lipinski definition) is 0. The van der Waals surface area contributed by atoms with Gasteiger partial charge in [0.15, 0.2) is 0 Å². The van der Waals surface area contributed by atoms with Gasteiger partial charge >= 0.3 is 0 Å². The number of quaternary nitrogens is 1. The van der Waals surface area contributed by atoms with Crippen molar-refractivity contribution in [3.05, 3.63) is 40.6 Å². The maximum Gasteiger partial charge on any atom is 0.126 e. The standard InChI is InChI=1S/C11H13F2NO/c1-14(15)3-2-8(7-14)9-4-10(12)6-11(13)5-9/h4-6,8H,2-3,7H2,1H3. The first-order chi connectivity index (χ1) is 6.96. The van der Waals surface area contributed by atoms with Gasteiger partial charge in [-0.2, -0.15) is 0 Å². The minimum atomic E-state index is -0.572. The summed E-state index contributed by atoms with van der Waals surface area (Å²) in [7, 11) is 1.59. The van der Waals surface area contributed by atoms with Crippen molar-refractivity contribution in [3.8, 4) is 0 Å². The van der Waals surface area contributed by atoms with E-state index >= 15 is 0 Å². The van der Waals surface area contributed by atoms with Crippen LogP contribution < -0.4 is 0 Å². The van der Waals surface area contributed by atoms with Crippen LogP contribution in [0.3, 0.4) is 0 Å². The van der Waals surface area contributed by atoms with E-state index in [-0.39, 0.29) is 10.6 Å². The smallest absolute Gasteiger partial charge is 0.126 e. The molecule has 2 rings (SSSR count). The van der Waals surface area contributed by atoms with Crippen LogP contribution in [0.15, 0.2) is 18.2 Å². The molecule has 2 nitrogen and oxygen atoms in total. The van der Waals surface area contributed by atoms with E-state index in [4.69, 9.17) is 0 Å². The molecule has 1 aliphatic rings. The largest absolute Gasteiger partial charge is 0.633 e. The molecule has 0 aromatic heterocycles. The van der Waals surface area contributed by atoms with Crippen LogP contribution >= 0.6 is 0 Å². The number of halogens is 2. The lowest BCUT2D eigenvalue weighted by molar-refractivity contribution is -0.848. The van der Waals surface area contributed by atoms with Crippen LogP contribution in [0.25, 0.3) is 0 Å². The Morgan fingerprint density at radius 3 is 2.33 bits per heavy atom. The molecule has 0 radical (unpaired) electrons. The van der Waals surface area contributed by atoms with Crippen molar-refractivity contribution in [2.45, 2.75) is 12.3 Å². The van der Waals surface area contributed by atoms with Gasteiger partial charge in [0.2, 0.25) is 0 Å². The molecule has 0 aliphatic carbocycles. The number of likely N-dealkylation sites (N-methyl/N-ethyl adjacent to an activating group) is 1. The zero-order valence-electron chi connectivity index (χ0n) is 8.54. The predicted octanol–water partition coefficient (Wildman–Crippen LogP) is 2.40. The lowest BCUT2D eigenvalue weighted by Crippen LogP contribution is -2.34. The molecule has 1 heterocycles. The van der Waals surface area contributed by atoms with Crippen LogP contribution in [0, 0.1) is 16.8 Å². The molecule has 2 atom stereocenters. The maximum atomic E-state index is 13.0. The zero-order chi connectivity index (χ0) is 11.1. The first-order valence-corrected chi connectivity index (χ1v) is 4.98. The van der Waals surface area contributed by atoms with E-state index in [1.807, 2.05) is 0 Å². The van der Waals surface area contributed by atoms with Gasteiger partial charge < -0.3 is 9.85 Å². The Balaban J connectivity index is 2.24. The van der Waals surface area contributed by atoms with E-state index in [0.29, 0.717) is 25.1 Å². The van der Waals surface area contributed by atoms with Gasteiger partial charge in [-0.15, -0.1) is 0 Å². The minimum absolute atomic E-state index is 0.0160. The van der Waals surface area contributed by atoms with Crippen LogP contribution in [-0.2, 0) is 0 Å². The van der Waals surface area contributed by atoms with E-state index in [0.717, 1.165) is 6.07 Å². The molecule has 82 valence electrons. The van der Waals surface area contributed by atoms with Crippen molar-refractivity contribution in [1.82, 2.24) is 0 Å². The minimum Gasteiger partial charge on any atom is -0.633 e. The second kappa shape index (κ2) is 3.54. The highest BCUT2D eigenvalue weighted by molar-refractivity contribution is 5.22. The summed E-state index contributed by atoms with van der Waals surface area (Å²) >= 11 is 0. The fourth-order valence-corrected chi connectivity index (χ4v) is 2.16. The van der Waals surface area contributed by atoms with E-state index in [1.54, 1.807) is 7.05 Å². The van der Waals surface area contributed by atoms with Crippen molar-refractivity contribution in [2.24, 2.45) is 0 Å². The van der Waals surface area contributed by atoms with Crippen LogP contribution in [-0.4, -0.2) is 24.8 Å². The lowest BCUT2D eigenvalue weighted by atomic mass is 9.98. The van der Waals surface area contributed by atoms with Gasteiger partial charge in [-0.25, -0.2) is 8.78 Å². The molecule has 1 aromatic carbocycles. The van der Waals surface area contributed by atoms with Crippen molar-refractivity contribution < 1.29 is 13.4 Å². The summed E-state index contributed by atoms with van der Waals surface area (Å²) in [6.07, 6.45) is 0.697. The number of nitrogens with zero attached hydrogens (tertiary/aromatic N) is 1. The normalized spacial score (nSPS) is 30.8. The van der Waals surface area contributed by atoms with Gasteiger partial charge in [0.25, 0.3) is 0 Å². The molecule has 0 N–H and O–H groups in total. The summed E-state index contributed by atoms with van der Waals surface area (Å²) in [5.41, 5.74) is 0.602. The molecule has 15 heavy (non-hydrogen) atoms. The second-order valence-corrected chi connectivity index (χ2v) is 4.39. The van der Waals surface area contributed by atoms with Crippen LogP contribution in [0.1, 0.15) is 17.9 Å². The third-order valence-corrected chi connectivity index (χ3v) is 2.91. The SMILES string of the molecule is C[N+]1([O-])CCC(c2cc(F)cc(F)c2)C1. The number of benzene rings is 1. The highest BCUT2D eigenvalue weighted by Gasteiger charge is 2.29. The highest BCUT2D eigenvalue weighted by atomic mass is 19.1. The Kier molecular flexibility index (Phi) is 2.48. The number of rotatable bonds is 1. The van der Waals surface area contributed by atoms with Crippen LogP contribution in [0.2, 0.25) is 0 Å². The average Bonchev–Trinajstić information content (AvgIpc) is 2.44. The monoisotopic (exact) mass is 213 g/mol. The Hall–Kier alpha value is -1.00. The van der Waals surface area contributed by atoms with Crippen molar-refractivity contribution in [1.29, 1.82) is 0 Å². The third kappa shape index (κ3) is 2.33. The Bertz CT molecular complexity index is 359. The quantitative estimate of drug-likeness (QED) is 0.519. The van der Waals surface area contributed by atoms with Gasteiger partial charge in [0.05, 0.1) is 20.1 Å². The summed E-state index contributed by atoms with van der Waals surface area (Å²) in [5.74, 6) is -1.16. The van der Waals surface area contributed by atoms with Crippen molar-refractivity contribution >= 4 is 0 Å².